The Hall–Kier alpha value is 0.940. The van der Waals surface area contributed by atoms with Gasteiger partial charge in [-0.15, -0.1) is 0 Å². The number of unbranched alkanes of at least 4 members (excludes halogenated alkanes) is 22. The van der Waals surface area contributed by atoms with Gasteiger partial charge in [-0.25, -0.2) is 0 Å². The fourth-order valence-corrected chi connectivity index (χ4v) is 4.22. The van der Waals surface area contributed by atoms with Gasteiger partial charge in [0.1, 0.15) is 0 Å². The Bertz CT molecular complexity index is 420. The Balaban J connectivity index is -0.000000285. The first kappa shape index (κ1) is 44.0. The molecule has 0 heterocycles. The molecule has 0 radical (unpaired) electrons. The van der Waals surface area contributed by atoms with Crippen LogP contribution in [-0.2, 0) is 9.59 Å². The van der Waals surface area contributed by atoms with Crippen LogP contribution in [-0.4, -0.2) is 11.9 Å². The third-order valence-electron chi connectivity index (χ3n) is 6.47. The van der Waals surface area contributed by atoms with Gasteiger partial charge < -0.3 is 19.8 Å². The van der Waals surface area contributed by atoms with Gasteiger partial charge in [0.25, 0.3) is 0 Å². The molecule has 0 bridgehead atoms. The Morgan fingerprint density at radius 1 is 0.361 bits per heavy atom. The Labute approximate surface area is 269 Å². The maximum atomic E-state index is 10.2. The largest absolute Gasteiger partial charge is 1.00 e. The normalized spacial score (nSPS) is 10.1. The molecule has 0 amide bonds. The minimum absolute atomic E-state index is 0. The van der Waals surface area contributed by atoms with Crippen molar-refractivity contribution in [3.8, 4) is 0 Å². The number of carboxylic acids is 2. The predicted molar refractivity (Wildman–Crippen MR) is 141 cm³/mol. The second-order valence-electron chi connectivity index (χ2n) is 10.0. The van der Waals surface area contributed by atoms with E-state index in [4.69, 9.17) is 0 Å². The van der Waals surface area contributed by atoms with Crippen LogP contribution >= 0.6 is 0 Å². The number of aliphatic carboxylic acids is 2. The molecule has 4 nitrogen and oxygen atoms in total. The summed E-state index contributed by atoms with van der Waals surface area (Å²) in [6, 6.07) is 0. The van der Waals surface area contributed by atoms with Crippen molar-refractivity contribution in [2.75, 3.05) is 0 Å². The number of hydrogen-bond donors (Lipinski definition) is 0. The number of rotatable bonds is 26. The molecule has 204 valence electrons. The van der Waals surface area contributed by atoms with Crippen molar-refractivity contribution >= 4 is 11.9 Å². The maximum absolute atomic E-state index is 10.2. The van der Waals surface area contributed by atoms with Crippen molar-refractivity contribution in [3.05, 3.63) is 0 Å². The fraction of sp³-hybridized carbons (Fsp3) is 0.933. The van der Waals surface area contributed by atoms with Crippen LogP contribution in [0, 0.1) is 0 Å². The third-order valence-corrected chi connectivity index (χ3v) is 6.47. The first-order chi connectivity index (χ1) is 16.5. The van der Waals surface area contributed by atoms with Crippen molar-refractivity contribution in [2.24, 2.45) is 0 Å². The van der Waals surface area contributed by atoms with Crippen molar-refractivity contribution in [1.82, 2.24) is 0 Å². The average Bonchev–Trinajstić information content (AvgIpc) is 2.80. The van der Waals surface area contributed by atoms with Crippen LogP contribution in [0.3, 0.4) is 0 Å². The van der Waals surface area contributed by atoms with Gasteiger partial charge in [0.15, 0.2) is 0 Å². The van der Waals surface area contributed by atoms with Gasteiger partial charge in [0, 0.05) is 11.9 Å². The quantitative estimate of drug-likeness (QED) is 0.126. The Kier molecular flexibility index (Phi) is 49.4. The van der Waals surface area contributed by atoms with E-state index in [1.807, 2.05) is 0 Å². The summed E-state index contributed by atoms with van der Waals surface area (Å²) in [5, 5.41) is 20.3. The van der Waals surface area contributed by atoms with Crippen LogP contribution in [0.15, 0.2) is 0 Å². The third kappa shape index (κ3) is 48.1. The van der Waals surface area contributed by atoms with E-state index in [9.17, 15) is 19.8 Å². The maximum Gasteiger partial charge on any atom is 1.00 e. The van der Waals surface area contributed by atoms with Gasteiger partial charge in [-0.1, -0.05) is 155 Å². The molecule has 0 aliphatic rings. The van der Waals surface area contributed by atoms with Crippen LogP contribution in [0.25, 0.3) is 0 Å². The number of carbonyl (C=O) groups excluding carboxylic acids is 2. The van der Waals surface area contributed by atoms with Crippen molar-refractivity contribution in [1.29, 1.82) is 0 Å². The monoisotopic (exact) mass is 528 g/mol. The summed E-state index contributed by atoms with van der Waals surface area (Å²) >= 11 is 0. The molecule has 0 N–H and O–H groups in total. The van der Waals surface area contributed by atoms with E-state index < -0.39 is 11.9 Å². The van der Waals surface area contributed by atoms with E-state index in [-0.39, 0.29) is 72.0 Å². The van der Waals surface area contributed by atoms with Crippen LogP contribution < -0.4 is 69.3 Å². The zero-order chi connectivity index (χ0) is 25.5. The zero-order valence-electron chi connectivity index (χ0n) is 25.0. The van der Waals surface area contributed by atoms with E-state index in [1.54, 1.807) is 0 Å². The second kappa shape index (κ2) is 40.4. The summed E-state index contributed by atoms with van der Waals surface area (Å²) < 4.78 is 0. The van der Waals surface area contributed by atoms with Crippen molar-refractivity contribution < 1.29 is 78.9 Å². The van der Waals surface area contributed by atoms with Gasteiger partial charge in [-0.2, -0.15) is 0 Å². The van der Waals surface area contributed by atoms with Crippen molar-refractivity contribution in [2.45, 2.75) is 181 Å². The van der Waals surface area contributed by atoms with E-state index in [1.165, 1.54) is 128 Å². The van der Waals surface area contributed by atoms with Crippen LogP contribution in [0.4, 0.5) is 0 Å². The minimum atomic E-state index is -0.909. The van der Waals surface area contributed by atoms with Gasteiger partial charge in [0.2, 0.25) is 0 Å². The molecule has 6 heteroatoms. The summed E-state index contributed by atoms with van der Waals surface area (Å²) in [6.45, 7) is 4.49. The van der Waals surface area contributed by atoms with E-state index >= 15 is 0 Å². The second-order valence-corrected chi connectivity index (χ2v) is 10.0. The first-order valence-corrected chi connectivity index (χ1v) is 14.9. The molecular weight excluding hydrogens is 470 g/mol. The van der Waals surface area contributed by atoms with Crippen LogP contribution in [0.2, 0.25) is 0 Å². The molecule has 0 aliphatic carbocycles. The number of carboxylic acid groups (broad SMARTS) is 2. The standard InChI is InChI=1S/C18H36O2.C12H24O2.2Na/c1-2-3-4-5-6-7-8-9-10-11-12-13-14-15-16-17-18(19)20;1-2-3-4-5-6-7-8-9-10-11-12(13)14;;/h2-17H2,1H3,(H,19,20);2-11H2,1H3,(H,13,14);;/q;;2*+1/p-2. The summed E-state index contributed by atoms with van der Waals surface area (Å²) in [6.07, 6.45) is 31.0. The molecular formula is C30H58Na2O4. The van der Waals surface area contributed by atoms with Crippen LogP contribution in [0.1, 0.15) is 181 Å². The molecule has 0 saturated heterocycles. The molecule has 0 aliphatic heterocycles. The molecule has 0 rings (SSSR count). The first-order valence-electron chi connectivity index (χ1n) is 14.9. The Morgan fingerprint density at radius 3 is 0.694 bits per heavy atom. The molecule has 0 aromatic carbocycles. The molecule has 0 atom stereocenters. The van der Waals surface area contributed by atoms with Gasteiger partial charge in [0.05, 0.1) is 0 Å². The molecule has 0 saturated carbocycles. The smallest absolute Gasteiger partial charge is 0.550 e. The molecule has 36 heavy (non-hydrogen) atoms. The summed E-state index contributed by atoms with van der Waals surface area (Å²) in [5.74, 6) is -1.81. The minimum Gasteiger partial charge on any atom is -0.550 e. The molecule has 0 spiro atoms. The number of hydrogen-bond acceptors (Lipinski definition) is 4. The van der Waals surface area contributed by atoms with E-state index in [0.29, 0.717) is 0 Å². The van der Waals surface area contributed by atoms with Gasteiger partial charge in [-0.05, 0) is 25.7 Å². The van der Waals surface area contributed by atoms with E-state index in [2.05, 4.69) is 13.8 Å². The van der Waals surface area contributed by atoms with E-state index in [0.717, 1.165) is 25.7 Å². The summed E-state index contributed by atoms with van der Waals surface area (Å²) in [7, 11) is 0. The Morgan fingerprint density at radius 2 is 0.528 bits per heavy atom. The SMILES string of the molecule is CCCCCCCCCCCC(=O)[O-].CCCCCCCCCCCCCCCCCC(=O)[O-].[Na+].[Na+]. The molecule has 0 fully saturated rings. The van der Waals surface area contributed by atoms with Gasteiger partial charge in [-0.3, -0.25) is 0 Å². The number of carbonyl (C=O) groups is 2. The molecule has 0 aromatic rings. The topological polar surface area (TPSA) is 80.3 Å². The summed E-state index contributed by atoms with van der Waals surface area (Å²) in [4.78, 5) is 20.3. The van der Waals surface area contributed by atoms with Crippen LogP contribution in [0.5, 0.6) is 0 Å². The fourth-order valence-electron chi connectivity index (χ4n) is 4.22. The van der Waals surface area contributed by atoms with Crippen molar-refractivity contribution in [3.63, 3.8) is 0 Å². The van der Waals surface area contributed by atoms with Gasteiger partial charge >= 0.3 is 59.1 Å². The average molecular weight is 529 g/mol. The molecule has 0 aromatic heterocycles. The summed E-state index contributed by atoms with van der Waals surface area (Å²) in [5.41, 5.74) is 0. The zero-order valence-corrected chi connectivity index (χ0v) is 29.0. The predicted octanol–water partition coefficient (Wildman–Crippen LogP) is 1.66. The molecule has 0 unspecified atom stereocenters.